The maximum absolute atomic E-state index is 12.4. The summed E-state index contributed by atoms with van der Waals surface area (Å²) in [4.78, 5) is 12.1. The van der Waals surface area contributed by atoms with Gasteiger partial charge in [-0.1, -0.05) is 35.9 Å². The zero-order chi connectivity index (χ0) is 22.7. The number of hydrogen-bond acceptors (Lipinski definition) is 4. The van der Waals surface area contributed by atoms with Crippen LogP contribution in [0.2, 0.25) is 5.02 Å². The molecule has 0 bridgehead atoms. The minimum absolute atomic E-state index is 0.320. The van der Waals surface area contributed by atoms with Gasteiger partial charge in [0.05, 0.1) is 11.6 Å². The largest absolute Gasteiger partial charge is 0.573 e. The van der Waals surface area contributed by atoms with Gasteiger partial charge in [-0.25, -0.2) is 14.3 Å². The summed E-state index contributed by atoms with van der Waals surface area (Å²) in [5.74, 6) is 0.268. The number of rotatable bonds is 7. The molecule has 0 saturated heterocycles. The highest BCUT2D eigenvalue weighted by molar-refractivity contribution is 6.32. The fraction of sp³-hybridized carbons (Fsp3) is 0.182. The molecule has 4 rings (SSSR count). The number of aromatic nitrogens is 3. The van der Waals surface area contributed by atoms with Crippen LogP contribution in [-0.2, 0) is 6.42 Å². The number of H-pyrrole nitrogens is 1. The van der Waals surface area contributed by atoms with Crippen LogP contribution in [0.15, 0.2) is 65.6 Å². The average Bonchev–Trinajstić information content (AvgIpc) is 3.12. The zero-order valence-corrected chi connectivity index (χ0v) is 17.3. The molecule has 2 aromatic carbocycles. The van der Waals surface area contributed by atoms with E-state index in [4.69, 9.17) is 16.3 Å². The third kappa shape index (κ3) is 5.05. The zero-order valence-electron chi connectivity index (χ0n) is 16.5. The van der Waals surface area contributed by atoms with Gasteiger partial charge in [0.15, 0.2) is 5.65 Å². The minimum Gasteiger partial charge on any atom is -0.492 e. The van der Waals surface area contributed by atoms with Crippen LogP contribution in [-0.4, -0.2) is 27.6 Å². The van der Waals surface area contributed by atoms with Crippen molar-refractivity contribution in [3.05, 3.63) is 81.9 Å². The van der Waals surface area contributed by atoms with Crippen molar-refractivity contribution in [1.29, 1.82) is 0 Å². The number of fused-ring (bicyclic) bond motifs is 1. The number of ether oxygens (including phenoxy) is 2. The van der Waals surface area contributed by atoms with E-state index in [2.05, 4.69) is 14.9 Å². The van der Waals surface area contributed by atoms with Crippen molar-refractivity contribution in [3.8, 4) is 22.6 Å². The number of aromatic amines is 1. The monoisotopic (exact) mass is 463 g/mol. The molecule has 0 aliphatic carbocycles. The number of nitrogens with zero attached hydrogens (tertiary/aromatic N) is 2. The lowest BCUT2D eigenvalue weighted by molar-refractivity contribution is -0.274. The predicted molar refractivity (Wildman–Crippen MR) is 113 cm³/mol. The molecule has 0 atom stereocenters. The van der Waals surface area contributed by atoms with E-state index < -0.39 is 12.1 Å². The number of benzene rings is 2. The summed E-state index contributed by atoms with van der Waals surface area (Å²) < 4.78 is 48.2. The maximum atomic E-state index is 12.4. The van der Waals surface area contributed by atoms with Crippen molar-refractivity contribution in [2.24, 2.45) is 0 Å². The molecule has 0 saturated carbocycles. The topological polar surface area (TPSA) is 68.6 Å². The molecule has 0 aliphatic rings. The molecule has 1 N–H and O–H groups in total. The lowest BCUT2D eigenvalue weighted by atomic mass is 10.0. The van der Waals surface area contributed by atoms with Crippen LogP contribution in [0.5, 0.6) is 11.5 Å². The van der Waals surface area contributed by atoms with E-state index in [1.54, 1.807) is 18.3 Å². The van der Waals surface area contributed by atoms with Gasteiger partial charge >= 0.3 is 12.1 Å². The molecule has 166 valence electrons. The van der Waals surface area contributed by atoms with Crippen molar-refractivity contribution in [2.45, 2.75) is 19.2 Å². The summed E-state index contributed by atoms with van der Waals surface area (Å²) in [7, 11) is 0. The standard InChI is InChI=1S/C22H17ClF3N3O3/c23-18-5-1-2-6-19(18)31-11-3-4-15-12-16(13-29-20(15)27-28-21(29)30)14-7-9-17(10-8-14)32-22(24,25)26/h1-2,5-10,12-13H,3-4,11H2,(H,28,30). The lowest BCUT2D eigenvalue weighted by Gasteiger charge is -2.11. The molecule has 6 nitrogen and oxygen atoms in total. The van der Waals surface area contributed by atoms with Gasteiger partial charge in [0.2, 0.25) is 0 Å². The molecular weight excluding hydrogens is 447 g/mol. The highest BCUT2D eigenvalue weighted by Crippen LogP contribution is 2.28. The Kier molecular flexibility index (Phi) is 6.09. The lowest BCUT2D eigenvalue weighted by Crippen LogP contribution is -2.16. The highest BCUT2D eigenvalue weighted by Gasteiger charge is 2.31. The van der Waals surface area contributed by atoms with Crippen molar-refractivity contribution in [1.82, 2.24) is 14.6 Å². The normalized spacial score (nSPS) is 11.6. The highest BCUT2D eigenvalue weighted by atomic mass is 35.5. The SMILES string of the molecule is O=c1[nH]nc2c(CCCOc3ccccc3Cl)cc(-c3ccc(OC(F)(F)F)cc3)cn12. The van der Waals surface area contributed by atoms with Crippen LogP contribution in [0, 0.1) is 0 Å². The van der Waals surface area contributed by atoms with Crippen molar-refractivity contribution in [3.63, 3.8) is 0 Å². The maximum Gasteiger partial charge on any atom is 0.573 e. The second-order valence-corrected chi connectivity index (χ2v) is 7.34. The Balaban J connectivity index is 1.54. The van der Waals surface area contributed by atoms with E-state index in [-0.39, 0.29) is 5.75 Å². The molecule has 2 aromatic heterocycles. The molecule has 0 fully saturated rings. The first-order chi connectivity index (χ1) is 15.3. The van der Waals surface area contributed by atoms with Crippen LogP contribution >= 0.6 is 11.6 Å². The quantitative estimate of drug-likeness (QED) is 0.380. The predicted octanol–water partition coefficient (Wildman–Crippen LogP) is 5.25. The molecular formula is C22H17ClF3N3O3. The summed E-state index contributed by atoms with van der Waals surface area (Å²) in [5.41, 5.74) is 2.14. The molecule has 2 heterocycles. The average molecular weight is 464 g/mol. The Labute approximate surface area is 185 Å². The molecule has 0 amide bonds. The van der Waals surface area contributed by atoms with Crippen molar-refractivity contribution < 1.29 is 22.6 Å². The molecule has 0 aliphatic heterocycles. The molecule has 10 heteroatoms. The van der Waals surface area contributed by atoms with E-state index in [1.165, 1.54) is 28.7 Å². The molecule has 0 radical (unpaired) electrons. The third-order valence-corrected chi connectivity index (χ3v) is 5.01. The van der Waals surface area contributed by atoms with Gasteiger partial charge in [-0.2, -0.15) is 5.10 Å². The van der Waals surface area contributed by atoms with Crippen LogP contribution in [0.25, 0.3) is 16.8 Å². The van der Waals surface area contributed by atoms with E-state index in [0.29, 0.717) is 47.0 Å². The van der Waals surface area contributed by atoms with Gasteiger partial charge in [-0.3, -0.25) is 0 Å². The minimum atomic E-state index is -4.76. The number of para-hydroxylation sites is 1. The summed E-state index contributed by atoms with van der Waals surface area (Å²) in [6.45, 7) is 0.401. The molecule has 0 unspecified atom stereocenters. The van der Waals surface area contributed by atoms with Gasteiger partial charge in [0.1, 0.15) is 11.5 Å². The van der Waals surface area contributed by atoms with Gasteiger partial charge in [-0.05, 0) is 59.9 Å². The van der Waals surface area contributed by atoms with Gasteiger partial charge in [0, 0.05) is 6.20 Å². The molecule has 0 spiro atoms. The number of aryl methyl sites for hydroxylation is 1. The van der Waals surface area contributed by atoms with E-state index in [9.17, 15) is 18.0 Å². The Morgan fingerprint density at radius 1 is 1.06 bits per heavy atom. The Morgan fingerprint density at radius 3 is 2.53 bits per heavy atom. The summed E-state index contributed by atoms with van der Waals surface area (Å²) >= 11 is 6.09. The smallest absolute Gasteiger partial charge is 0.492 e. The summed E-state index contributed by atoms with van der Waals surface area (Å²) in [6, 6.07) is 14.5. The molecule has 32 heavy (non-hydrogen) atoms. The first kappa shape index (κ1) is 21.8. The van der Waals surface area contributed by atoms with Crippen molar-refractivity contribution >= 4 is 17.2 Å². The van der Waals surface area contributed by atoms with Crippen LogP contribution in [0.3, 0.4) is 0 Å². The Bertz CT molecular complexity index is 1280. The van der Waals surface area contributed by atoms with Crippen LogP contribution in [0.4, 0.5) is 13.2 Å². The second-order valence-electron chi connectivity index (χ2n) is 6.93. The first-order valence-electron chi connectivity index (χ1n) is 9.63. The van der Waals surface area contributed by atoms with E-state index >= 15 is 0 Å². The summed E-state index contributed by atoms with van der Waals surface area (Å²) in [6.07, 6.45) is -1.99. The number of hydrogen-bond donors (Lipinski definition) is 1. The van der Waals surface area contributed by atoms with Crippen LogP contribution in [0.1, 0.15) is 12.0 Å². The Morgan fingerprint density at radius 2 is 1.81 bits per heavy atom. The number of nitrogens with one attached hydrogen (secondary N) is 1. The first-order valence-corrected chi connectivity index (χ1v) is 10.0. The van der Waals surface area contributed by atoms with E-state index in [1.807, 2.05) is 18.2 Å². The number of pyridine rings is 1. The van der Waals surface area contributed by atoms with Gasteiger partial charge < -0.3 is 9.47 Å². The van der Waals surface area contributed by atoms with Crippen molar-refractivity contribution in [2.75, 3.05) is 6.61 Å². The second kappa shape index (κ2) is 8.96. The fourth-order valence-electron chi connectivity index (χ4n) is 3.28. The van der Waals surface area contributed by atoms with E-state index in [0.717, 1.165) is 5.56 Å². The fourth-order valence-corrected chi connectivity index (χ4v) is 3.47. The number of halogens is 4. The third-order valence-electron chi connectivity index (χ3n) is 4.70. The number of alkyl halides is 3. The Hall–Kier alpha value is -3.46. The van der Waals surface area contributed by atoms with Gasteiger partial charge in [-0.15, -0.1) is 13.2 Å². The molecule has 4 aromatic rings. The van der Waals surface area contributed by atoms with Crippen LogP contribution < -0.4 is 15.2 Å². The summed E-state index contributed by atoms with van der Waals surface area (Å²) in [5, 5.41) is 7.02. The van der Waals surface area contributed by atoms with Gasteiger partial charge in [0.25, 0.3) is 0 Å².